The van der Waals surface area contributed by atoms with Crippen LogP contribution in [0.5, 0.6) is 0 Å². The Morgan fingerprint density at radius 3 is 2.45 bits per heavy atom. The maximum absolute atomic E-state index is 11.1. The molecule has 0 aliphatic rings. The average Bonchev–Trinajstić information content (AvgIpc) is 2.79. The molecule has 0 saturated carbocycles. The smallest absolute Gasteiger partial charge is 0.273 e. The second kappa shape index (κ2) is 6.75. The first-order chi connectivity index (χ1) is 10.3. The number of amides is 1. The number of carbonyl (C=O) groups excluding carboxylic acids is 1. The second-order valence-electron chi connectivity index (χ2n) is 4.23. The van der Waals surface area contributed by atoms with E-state index in [1.54, 1.807) is 18.2 Å². The number of hydrogen-bond acceptors (Lipinski definition) is 4. The van der Waals surface area contributed by atoms with Gasteiger partial charge in [0.05, 0.1) is 11.6 Å². The van der Waals surface area contributed by atoms with E-state index in [1.807, 2.05) is 0 Å². The highest BCUT2D eigenvalue weighted by Gasteiger charge is 2.15. The summed E-state index contributed by atoms with van der Waals surface area (Å²) >= 11 is 23.4. The lowest BCUT2D eigenvalue weighted by molar-refractivity contribution is 0.0996. The molecular formula is C12H9Cl4N5O. The van der Waals surface area contributed by atoms with Gasteiger partial charge in [-0.05, 0) is 11.6 Å². The van der Waals surface area contributed by atoms with Crippen molar-refractivity contribution in [3.8, 4) is 0 Å². The van der Waals surface area contributed by atoms with Crippen molar-refractivity contribution in [1.29, 1.82) is 0 Å². The number of rotatable bonds is 4. The normalized spacial score (nSPS) is 10.5. The number of hydrogen-bond donors (Lipinski definition) is 2. The van der Waals surface area contributed by atoms with Gasteiger partial charge < -0.3 is 11.5 Å². The fourth-order valence-electron chi connectivity index (χ4n) is 1.72. The van der Waals surface area contributed by atoms with Crippen molar-refractivity contribution < 1.29 is 4.79 Å². The number of nitrogen functional groups attached to an aromatic ring is 1. The number of benzene rings is 1. The molecule has 0 radical (unpaired) electrons. The van der Waals surface area contributed by atoms with Gasteiger partial charge in [0.25, 0.3) is 5.91 Å². The number of anilines is 1. The van der Waals surface area contributed by atoms with E-state index < -0.39 is 5.91 Å². The first-order valence-electron chi connectivity index (χ1n) is 5.79. The van der Waals surface area contributed by atoms with Crippen molar-refractivity contribution >= 4 is 63.2 Å². The lowest BCUT2D eigenvalue weighted by atomic mass is 10.1. The highest BCUT2D eigenvalue weighted by atomic mass is 35.5. The summed E-state index contributed by atoms with van der Waals surface area (Å²) in [6.45, 7) is 0.252. The topological polar surface area (TPSA) is 99.8 Å². The molecule has 6 nitrogen and oxygen atoms in total. The molecule has 1 aromatic carbocycles. The monoisotopic (exact) mass is 379 g/mol. The van der Waals surface area contributed by atoms with E-state index in [4.69, 9.17) is 57.9 Å². The predicted molar refractivity (Wildman–Crippen MR) is 88.0 cm³/mol. The van der Waals surface area contributed by atoms with E-state index in [9.17, 15) is 4.79 Å². The molecule has 0 atom stereocenters. The number of nitrogens with two attached hydrogens (primary N) is 2. The molecule has 2 aromatic rings. The molecule has 1 amide bonds. The van der Waals surface area contributed by atoms with Crippen LogP contribution in [0, 0.1) is 0 Å². The van der Waals surface area contributed by atoms with Gasteiger partial charge in [0.1, 0.15) is 4.49 Å². The first-order valence-corrected chi connectivity index (χ1v) is 7.30. The first kappa shape index (κ1) is 16.9. The summed E-state index contributed by atoms with van der Waals surface area (Å²) in [5.74, 6) is -0.666. The van der Waals surface area contributed by atoms with E-state index in [2.05, 4.69) is 10.3 Å². The molecule has 0 saturated heterocycles. The highest BCUT2D eigenvalue weighted by Crippen LogP contribution is 2.33. The third-order valence-electron chi connectivity index (χ3n) is 2.78. The summed E-state index contributed by atoms with van der Waals surface area (Å²) in [6.07, 6.45) is 0. The van der Waals surface area contributed by atoms with Gasteiger partial charge in [-0.3, -0.25) is 4.79 Å². The van der Waals surface area contributed by atoms with E-state index in [0.717, 1.165) is 5.56 Å². The molecule has 4 N–H and O–H groups in total. The molecule has 0 unspecified atom stereocenters. The molecule has 1 heterocycles. The molecule has 0 bridgehead atoms. The minimum absolute atomic E-state index is 0.0782. The van der Waals surface area contributed by atoms with Crippen molar-refractivity contribution in [3.05, 3.63) is 44.5 Å². The predicted octanol–water partition coefficient (Wildman–Crippen LogP) is 3.00. The van der Waals surface area contributed by atoms with E-state index >= 15 is 0 Å². The van der Waals surface area contributed by atoms with Crippen LogP contribution in [-0.2, 0) is 6.54 Å². The van der Waals surface area contributed by atoms with Crippen LogP contribution in [0.25, 0.3) is 5.03 Å². The summed E-state index contributed by atoms with van der Waals surface area (Å²) in [5.41, 5.74) is 12.1. The molecule has 22 heavy (non-hydrogen) atoms. The summed E-state index contributed by atoms with van der Waals surface area (Å²) in [7, 11) is 0. The molecular weight excluding hydrogens is 372 g/mol. The van der Waals surface area contributed by atoms with Gasteiger partial charge in [-0.25, -0.2) is 4.68 Å². The molecule has 0 spiro atoms. The molecule has 0 fully saturated rings. The van der Waals surface area contributed by atoms with E-state index in [0.29, 0.717) is 10.6 Å². The zero-order valence-electron chi connectivity index (χ0n) is 10.9. The quantitative estimate of drug-likeness (QED) is 0.851. The third kappa shape index (κ3) is 3.47. The molecule has 10 heteroatoms. The molecule has 0 aliphatic carbocycles. The zero-order valence-corrected chi connectivity index (χ0v) is 13.9. The molecule has 116 valence electrons. The Balaban J connectivity index is 2.31. The lowest BCUT2D eigenvalue weighted by Gasteiger charge is -2.07. The third-order valence-corrected chi connectivity index (χ3v) is 4.05. The summed E-state index contributed by atoms with van der Waals surface area (Å²) in [4.78, 5) is 11.1. The zero-order chi connectivity index (χ0) is 16.4. The maximum atomic E-state index is 11.1. The standard InChI is InChI=1S/C12H9Cl4N5O/c13-7-3-5(1-2-6(7)8(14)10(15)16)4-21-11(17)9(12(18)22)19-20-21/h1-3H,4,17H2,(H2,18,22). The van der Waals surface area contributed by atoms with E-state index in [1.165, 1.54) is 4.68 Å². The van der Waals surface area contributed by atoms with Gasteiger partial charge in [0.2, 0.25) is 0 Å². The van der Waals surface area contributed by atoms with Crippen LogP contribution >= 0.6 is 46.4 Å². The summed E-state index contributed by atoms with van der Waals surface area (Å²) in [6, 6.07) is 5.05. The Morgan fingerprint density at radius 1 is 1.27 bits per heavy atom. The van der Waals surface area contributed by atoms with Gasteiger partial charge in [-0.15, -0.1) is 5.10 Å². The number of aromatic nitrogens is 3. The van der Waals surface area contributed by atoms with Crippen LogP contribution in [0.4, 0.5) is 5.82 Å². The van der Waals surface area contributed by atoms with Gasteiger partial charge in [-0.2, -0.15) is 0 Å². The van der Waals surface area contributed by atoms with Gasteiger partial charge in [0, 0.05) is 10.6 Å². The van der Waals surface area contributed by atoms with Crippen molar-refractivity contribution in [2.24, 2.45) is 5.73 Å². The Morgan fingerprint density at radius 2 is 1.95 bits per heavy atom. The van der Waals surface area contributed by atoms with Crippen LogP contribution in [0.3, 0.4) is 0 Å². The minimum atomic E-state index is -0.745. The van der Waals surface area contributed by atoms with Gasteiger partial charge >= 0.3 is 0 Å². The number of primary amides is 1. The van der Waals surface area contributed by atoms with Crippen LogP contribution in [0.2, 0.25) is 5.02 Å². The van der Waals surface area contributed by atoms with Crippen molar-refractivity contribution in [1.82, 2.24) is 15.0 Å². The summed E-state index contributed by atoms with van der Waals surface area (Å²) < 4.78 is 1.25. The SMILES string of the molecule is NC(=O)c1nnn(Cc2ccc(C(Cl)=C(Cl)Cl)c(Cl)c2)c1N. The Kier molecular flexibility index (Phi) is 5.18. The van der Waals surface area contributed by atoms with Crippen LogP contribution < -0.4 is 11.5 Å². The molecule has 1 aromatic heterocycles. The van der Waals surface area contributed by atoms with Crippen molar-refractivity contribution in [2.45, 2.75) is 6.54 Å². The largest absolute Gasteiger partial charge is 0.382 e. The van der Waals surface area contributed by atoms with Crippen LogP contribution in [0.15, 0.2) is 22.7 Å². The minimum Gasteiger partial charge on any atom is -0.382 e. The second-order valence-corrected chi connectivity index (χ2v) is 5.97. The fourth-order valence-corrected chi connectivity index (χ4v) is 2.44. The Bertz CT molecular complexity index is 767. The maximum Gasteiger partial charge on any atom is 0.273 e. The average molecular weight is 381 g/mol. The molecule has 2 rings (SSSR count). The molecule has 0 aliphatic heterocycles. The van der Waals surface area contributed by atoms with Crippen LogP contribution in [-0.4, -0.2) is 20.9 Å². The highest BCUT2D eigenvalue weighted by molar-refractivity contribution is 6.67. The Hall–Kier alpha value is -1.47. The van der Waals surface area contributed by atoms with Crippen LogP contribution in [0.1, 0.15) is 21.6 Å². The van der Waals surface area contributed by atoms with Gasteiger partial charge in [-0.1, -0.05) is 63.7 Å². The number of halogens is 4. The number of nitrogens with zero attached hydrogens (tertiary/aromatic N) is 3. The summed E-state index contributed by atoms with van der Waals surface area (Å²) in [5, 5.41) is 7.89. The number of carbonyl (C=O) groups is 1. The fraction of sp³-hybridized carbons (Fsp3) is 0.0833. The Labute approximate surface area is 145 Å². The van der Waals surface area contributed by atoms with E-state index in [-0.39, 0.29) is 27.6 Å². The van der Waals surface area contributed by atoms with Crippen molar-refractivity contribution in [3.63, 3.8) is 0 Å². The lowest BCUT2D eigenvalue weighted by Crippen LogP contribution is -2.14. The van der Waals surface area contributed by atoms with Crippen molar-refractivity contribution in [2.75, 3.05) is 5.73 Å². The van der Waals surface area contributed by atoms with Gasteiger partial charge in [0.15, 0.2) is 11.5 Å².